The Morgan fingerprint density at radius 2 is 1.93 bits per heavy atom. The van der Waals surface area contributed by atoms with Gasteiger partial charge >= 0.3 is 0 Å². The van der Waals surface area contributed by atoms with Gasteiger partial charge in [0, 0.05) is 0 Å². The van der Waals surface area contributed by atoms with Crippen LogP contribution in [0, 0.1) is 0 Å². The normalized spacial score (nSPS) is 10.0. The molecule has 70 valence electrons. The molecule has 0 saturated carbocycles. The molecular weight excluding hydrogens is 180 g/mol. The van der Waals surface area contributed by atoms with E-state index in [-0.39, 0.29) is 22.9 Å². The van der Waals surface area contributed by atoms with Crippen LogP contribution in [0.1, 0.15) is 16.1 Å². The third kappa shape index (κ3) is 1.40. The summed E-state index contributed by atoms with van der Waals surface area (Å²) in [6.07, 6.45) is 1.42. The molecule has 0 unspecified atom stereocenters. The van der Waals surface area contributed by atoms with Gasteiger partial charge in [-0.05, 0) is 24.3 Å². The van der Waals surface area contributed by atoms with Gasteiger partial charge in [0.15, 0.2) is 5.76 Å². The highest BCUT2D eigenvalue weighted by molar-refractivity contribution is 6.08. The van der Waals surface area contributed by atoms with Crippen molar-refractivity contribution in [1.82, 2.24) is 0 Å². The van der Waals surface area contributed by atoms with E-state index in [1.54, 1.807) is 30.3 Å². The molecular formula is C11H8O3. The first-order valence-corrected chi connectivity index (χ1v) is 4.15. The van der Waals surface area contributed by atoms with Gasteiger partial charge in [-0.25, -0.2) is 0 Å². The van der Waals surface area contributed by atoms with Gasteiger partial charge < -0.3 is 9.52 Å². The van der Waals surface area contributed by atoms with Crippen LogP contribution in [0.3, 0.4) is 0 Å². The van der Waals surface area contributed by atoms with Crippen LogP contribution in [0.5, 0.6) is 5.75 Å². The van der Waals surface area contributed by atoms with Crippen molar-refractivity contribution in [2.24, 2.45) is 0 Å². The Balaban J connectivity index is 2.42. The van der Waals surface area contributed by atoms with Crippen LogP contribution in [-0.2, 0) is 0 Å². The molecule has 0 radical (unpaired) electrons. The summed E-state index contributed by atoms with van der Waals surface area (Å²) in [5.74, 6) is -0.117. The number of phenols is 1. The molecule has 1 N–H and O–H groups in total. The molecule has 1 aromatic carbocycles. The molecule has 1 heterocycles. The largest absolute Gasteiger partial charge is 0.507 e. The van der Waals surface area contributed by atoms with Crippen LogP contribution in [0.4, 0.5) is 0 Å². The summed E-state index contributed by atoms with van der Waals surface area (Å²) in [6.45, 7) is 0. The number of furan rings is 1. The smallest absolute Gasteiger partial charge is 0.231 e. The first-order chi connectivity index (χ1) is 6.79. The first-order valence-electron chi connectivity index (χ1n) is 4.15. The van der Waals surface area contributed by atoms with Crippen molar-refractivity contribution in [2.45, 2.75) is 0 Å². The van der Waals surface area contributed by atoms with E-state index in [4.69, 9.17) is 4.42 Å². The van der Waals surface area contributed by atoms with Crippen LogP contribution >= 0.6 is 0 Å². The minimum atomic E-state index is -0.312. The molecule has 0 fully saturated rings. The van der Waals surface area contributed by atoms with Crippen LogP contribution in [0.15, 0.2) is 47.1 Å². The van der Waals surface area contributed by atoms with E-state index < -0.39 is 0 Å². The SMILES string of the molecule is O=C(c1ccco1)c1ccccc1O. The molecule has 0 bridgehead atoms. The van der Waals surface area contributed by atoms with Crippen molar-refractivity contribution in [3.63, 3.8) is 0 Å². The lowest BCUT2D eigenvalue weighted by atomic mass is 10.1. The summed E-state index contributed by atoms with van der Waals surface area (Å²) in [5, 5.41) is 9.42. The lowest BCUT2D eigenvalue weighted by molar-refractivity contribution is 0.101. The molecule has 0 aliphatic rings. The van der Waals surface area contributed by atoms with Gasteiger partial charge in [-0.15, -0.1) is 0 Å². The maximum Gasteiger partial charge on any atom is 0.231 e. The number of carbonyl (C=O) groups excluding carboxylic acids is 1. The molecule has 0 spiro atoms. The quantitative estimate of drug-likeness (QED) is 0.735. The maximum atomic E-state index is 11.7. The van der Waals surface area contributed by atoms with Gasteiger partial charge in [-0.1, -0.05) is 12.1 Å². The van der Waals surface area contributed by atoms with Crippen molar-refractivity contribution in [3.8, 4) is 5.75 Å². The number of carbonyl (C=O) groups is 1. The highest BCUT2D eigenvalue weighted by atomic mass is 16.3. The molecule has 0 saturated heterocycles. The fourth-order valence-corrected chi connectivity index (χ4v) is 1.21. The zero-order chi connectivity index (χ0) is 9.97. The Kier molecular flexibility index (Phi) is 2.07. The van der Waals surface area contributed by atoms with Gasteiger partial charge in [0.1, 0.15) is 5.75 Å². The molecule has 3 heteroatoms. The van der Waals surface area contributed by atoms with Crippen LogP contribution in [0.25, 0.3) is 0 Å². The van der Waals surface area contributed by atoms with Crippen molar-refractivity contribution < 1.29 is 14.3 Å². The number of ketones is 1. The van der Waals surface area contributed by atoms with Crippen molar-refractivity contribution in [1.29, 1.82) is 0 Å². The molecule has 1 aromatic heterocycles. The summed E-state index contributed by atoms with van der Waals surface area (Å²) in [6, 6.07) is 9.57. The highest BCUT2D eigenvalue weighted by Gasteiger charge is 2.14. The van der Waals surface area contributed by atoms with Crippen molar-refractivity contribution in [2.75, 3.05) is 0 Å². The Morgan fingerprint density at radius 1 is 1.14 bits per heavy atom. The summed E-state index contributed by atoms with van der Waals surface area (Å²) in [7, 11) is 0. The van der Waals surface area contributed by atoms with E-state index in [1.165, 1.54) is 12.3 Å². The Bertz CT molecular complexity index is 443. The first kappa shape index (κ1) is 8.56. The fraction of sp³-hybridized carbons (Fsp3) is 0. The molecule has 2 rings (SSSR count). The maximum absolute atomic E-state index is 11.7. The Labute approximate surface area is 80.6 Å². The number of rotatable bonds is 2. The summed E-state index contributed by atoms with van der Waals surface area (Å²) in [5.41, 5.74) is 0.252. The Morgan fingerprint density at radius 3 is 2.57 bits per heavy atom. The average molecular weight is 188 g/mol. The molecule has 14 heavy (non-hydrogen) atoms. The number of para-hydroxylation sites is 1. The number of benzene rings is 1. The van der Waals surface area contributed by atoms with Crippen molar-refractivity contribution >= 4 is 5.78 Å². The predicted octanol–water partition coefficient (Wildman–Crippen LogP) is 2.22. The van der Waals surface area contributed by atoms with E-state index in [2.05, 4.69) is 0 Å². The summed E-state index contributed by atoms with van der Waals surface area (Å²) in [4.78, 5) is 11.7. The number of aromatic hydroxyl groups is 1. The molecule has 0 aliphatic carbocycles. The Hall–Kier alpha value is -2.03. The molecule has 0 amide bonds. The second-order valence-electron chi connectivity index (χ2n) is 2.82. The number of hydrogen-bond acceptors (Lipinski definition) is 3. The topological polar surface area (TPSA) is 50.4 Å². The third-order valence-corrected chi connectivity index (χ3v) is 1.89. The third-order valence-electron chi connectivity index (χ3n) is 1.89. The second-order valence-corrected chi connectivity index (χ2v) is 2.82. The van der Waals surface area contributed by atoms with E-state index in [0.29, 0.717) is 0 Å². The number of hydrogen-bond donors (Lipinski definition) is 1. The van der Waals surface area contributed by atoms with Gasteiger partial charge in [0.25, 0.3) is 0 Å². The average Bonchev–Trinajstić information content (AvgIpc) is 2.70. The monoisotopic (exact) mass is 188 g/mol. The van der Waals surface area contributed by atoms with Gasteiger partial charge in [-0.2, -0.15) is 0 Å². The summed E-state index contributed by atoms with van der Waals surface area (Å²) >= 11 is 0. The zero-order valence-electron chi connectivity index (χ0n) is 7.31. The fourth-order valence-electron chi connectivity index (χ4n) is 1.21. The van der Waals surface area contributed by atoms with E-state index in [1.807, 2.05) is 0 Å². The highest BCUT2D eigenvalue weighted by Crippen LogP contribution is 2.19. The van der Waals surface area contributed by atoms with Gasteiger partial charge in [0.2, 0.25) is 5.78 Å². The predicted molar refractivity (Wildman–Crippen MR) is 50.2 cm³/mol. The minimum absolute atomic E-state index is 0.0334. The van der Waals surface area contributed by atoms with Crippen molar-refractivity contribution in [3.05, 3.63) is 54.0 Å². The van der Waals surface area contributed by atoms with Crippen LogP contribution < -0.4 is 0 Å². The molecule has 3 nitrogen and oxygen atoms in total. The van der Waals surface area contributed by atoms with E-state index in [9.17, 15) is 9.90 Å². The summed E-state index contributed by atoms with van der Waals surface area (Å²) < 4.78 is 4.94. The lowest BCUT2D eigenvalue weighted by Crippen LogP contribution is -1.99. The van der Waals surface area contributed by atoms with Crippen LogP contribution in [-0.4, -0.2) is 10.9 Å². The van der Waals surface area contributed by atoms with E-state index in [0.717, 1.165) is 0 Å². The van der Waals surface area contributed by atoms with Gasteiger partial charge in [-0.3, -0.25) is 4.79 Å². The zero-order valence-corrected chi connectivity index (χ0v) is 7.31. The lowest BCUT2D eigenvalue weighted by Gasteiger charge is -1.99. The molecule has 2 aromatic rings. The van der Waals surface area contributed by atoms with Crippen LogP contribution in [0.2, 0.25) is 0 Å². The molecule has 0 atom stereocenters. The number of phenolic OH excluding ortho intramolecular Hbond substituents is 1. The standard InChI is InChI=1S/C11H8O3/c12-9-5-2-1-4-8(9)11(13)10-6-3-7-14-10/h1-7,12H. The second kappa shape index (κ2) is 3.38. The van der Waals surface area contributed by atoms with E-state index >= 15 is 0 Å². The molecule has 0 aliphatic heterocycles. The minimum Gasteiger partial charge on any atom is -0.507 e. The van der Waals surface area contributed by atoms with Gasteiger partial charge in [0.05, 0.1) is 11.8 Å².